The lowest BCUT2D eigenvalue weighted by Gasteiger charge is -2.19. The molecule has 0 aliphatic rings. The Balaban J connectivity index is 2.09. The molecule has 2 rings (SSSR count). The van der Waals surface area contributed by atoms with Crippen molar-refractivity contribution in [1.82, 2.24) is 10.3 Å². The normalized spacial score (nSPS) is 11.7. The minimum Gasteiger partial charge on any atom is -0.442 e. The molecule has 0 aliphatic carbocycles. The van der Waals surface area contributed by atoms with Crippen molar-refractivity contribution >= 4 is 5.88 Å². The Hall–Kier alpha value is -2.15. The summed E-state index contributed by atoms with van der Waals surface area (Å²) in [6, 6.07) is 2.73. The highest BCUT2D eigenvalue weighted by molar-refractivity contribution is 5.46. The van der Waals surface area contributed by atoms with Gasteiger partial charge in [0.25, 0.3) is 5.89 Å². The number of hydrogen-bond donors (Lipinski definition) is 1. The number of aromatic nitrogens is 1. The van der Waals surface area contributed by atoms with E-state index in [0.29, 0.717) is 12.2 Å². The number of furan rings is 1. The monoisotopic (exact) mass is 265 g/mol. The first-order chi connectivity index (χ1) is 8.85. The average Bonchev–Trinajstić information content (AvgIpc) is 2.94. The van der Waals surface area contributed by atoms with Gasteiger partial charge in [0.05, 0.1) is 11.8 Å². The first kappa shape index (κ1) is 13.3. The lowest BCUT2D eigenvalue weighted by Crippen LogP contribution is -2.35. The van der Waals surface area contributed by atoms with Crippen LogP contribution in [0.25, 0.3) is 11.7 Å². The second-order valence-corrected chi connectivity index (χ2v) is 5.14. The van der Waals surface area contributed by atoms with Crippen LogP contribution >= 0.6 is 0 Å². The molecule has 0 atom stereocenters. The fraction of sp³-hybridized carbons (Fsp3) is 0.417. The molecule has 0 unspecified atom stereocenters. The van der Waals surface area contributed by atoms with E-state index >= 15 is 0 Å². The summed E-state index contributed by atoms with van der Waals surface area (Å²) >= 11 is 0. The summed E-state index contributed by atoms with van der Waals surface area (Å²) in [5.74, 6) is 0.148. The van der Waals surface area contributed by atoms with Gasteiger partial charge >= 0.3 is 5.88 Å². The maximum Gasteiger partial charge on any atom is 0.433 e. The second kappa shape index (κ2) is 4.85. The zero-order valence-corrected chi connectivity index (χ0v) is 11.0. The van der Waals surface area contributed by atoms with E-state index in [9.17, 15) is 10.1 Å². The lowest BCUT2D eigenvalue weighted by atomic mass is 10.1. The van der Waals surface area contributed by atoms with E-state index in [1.807, 2.05) is 20.8 Å². The van der Waals surface area contributed by atoms with E-state index in [-0.39, 0.29) is 23.1 Å². The molecule has 19 heavy (non-hydrogen) atoms. The molecule has 1 N–H and O–H groups in total. The predicted molar refractivity (Wildman–Crippen MR) is 67.5 cm³/mol. The fourth-order valence-electron chi connectivity index (χ4n) is 1.40. The van der Waals surface area contributed by atoms with Gasteiger partial charge in [-0.3, -0.25) is 10.1 Å². The number of hydrogen-bond acceptors (Lipinski definition) is 6. The Morgan fingerprint density at radius 2 is 2.16 bits per heavy atom. The summed E-state index contributed by atoms with van der Waals surface area (Å²) in [5.41, 5.74) is 0.687. The van der Waals surface area contributed by atoms with Crippen molar-refractivity contribution < 1.29 is 13.8 Å². The standard InChI is InChI=1S/C12H15N3O4/c1-12(2,3)13-6-8-7-18-11(14-8)9-4-5-10(19-9)15(16)17/h4-5,7,13H,6H2,1-3H3. The van der Waals surface area contributed by atoms with Crippen LogP contribution in [0.1, 0.15) is 26.5 Å². The van der Waals surface area contributed by atoms with Crippen molar-refractivity contribution in [3.63, 3.8) is 0 Å². The Bertz CT molecular complexity index is 580. The van der Waals surface area contributed by atoms with Gasteiger partial charge in [-0.25, -0.2) is 4.98 Å². The Kier molecular flexibility index (Phi) is 3.39. The third-order valence-electron chi connectivity index (χ3n) is 2.33. The summed E-state index contributed by atoms with van der Waals surface area (Å²) in [7, 11) is 0. The van der Waals surface area contributed by atoms with Crippen LogP contribution in [0, 0.1) is 10.1 Å². The van der Waals surface area contributed by atoms with Gasteiger partial charge in [0, 0.05) is 12.1 Å². The van der Waals surface area contributed by atoms with E-state index in [1.54, 1.807) is 0 Å². The van der Waals surface area contributed by atoms with Crippen LogP contribution < -0.4 is 5.32 Å². The molecule has 0 amide bonds. The minimum absolute atomic E-state index is 0.0252. The molecule has 2 aromatic heterocycles. The van der Waals surface area contributed by atoms with Crippen LogP contribution in [-0.4, -0.2) is 15.4 Å². The topological polar surface area (TPSA) is 94.3 Å². The Morgan fingerprint density at radius 3 is 2.74 bits per heavy atom. The summed E-state index contributed by atoms with van der Waals surface area (Å²) in [6.45, 7) is 6.69. The molecule has 102 valence electrons. The van der Waals surface area contributed by atoms with Gasteiger partial charge in [0.15, 0.2) is 5.76 Å². The molecule has 0 spiro atoms. The Morgan fingerprint density at radius 1 is 1.42 bits per heavy atom. The van der Waals surface area contributed by atoms with E-state index in [0.717, 1.165) is 0 Å². The largest absolute Gasteiger partial charge is 0.442 e. The van der Waals surface area contributed by atoms with Crippen LogP contribution in [0.3, 0.4) is 0 Å². The number of nitro groups is 1. The zero-order chi connectivity index (χ0) is 14.0. The van der Waals surface area contributed by atoms with Crippen LogP contribution in [-0.2, 0) is 6.54 Å². The predicted octanol–water partition coefficient (Wildman–Crippen LogP) is 2.73. The van der Waals surface area contributed by atoms with E-state index in [2.05, 4.69) is 10.3 Å². The highest BCUT2D eigenvalue weighted by atomic mass is 16.6. The number of nitrogens with zero attached hydrogens (tertiary/aromatic N) is 2. The molecule has 7 nitrogen and oxygen atoms in total. The molecule has 2 heterocycles. The first-order valence-electron chi connectivity index (χ1n) is 5.79. The third-order valence-corrected chi connectivity index (χ3v) is 2.33. The highest BCUT2D eigenvalue weighted by Gasteiger charge is 2.17. The van der Waals surface area contributed by atoms with Gasteiger partial charge < -0.3 is 14.2 Å². The quantitative estimate of drug-likeness (QED) is 0.674. The van der Waals surface area contributed by atoms with Gasteiger partial charge in [-0.2, -0.15) is 0 Å². The number of rotatable bonds is 4. The van der Waals surface area contributed by atoms with Crippen molar-refractivity contribution in [2.75, 3.05) is 0 Å². The molecule has 2 aromatic rings. The first-order valence-corrected chi connectivity index (χ1v) is 5.79. The summed E-state index contributed by atoms with van der Waals surface area (Å²) in [6.07, 6.45) is 1.50. The maximum atomic E-state index is 10.5. The molecular weight excluding hydrogens is 250 g/mol. The molecule has 0 radical (unpaired) electrons. The van der Waals surface area contributed by atoms with Crippen LogP contribution in [0.4, 0.5) is 5.88 Å². The summed E-state index contributed by atoms with van der Waals surface area (Å²) in [5, 5.41) is 13.8. The zero-order valence-electron chi connectivity index (χ0n) is 11.0. The molecular formula is C12H15N3O4. The van der Waals surface area contributed by atoms with Crippen molar-refractivity contribution in [3.8, 4) is 11.7 Å². The van der Waals surface area contributed by atoms with E-state index in [4.69, 9.17) is 8.83 Å². The van der Waals surface area contributed by atoms with Crippen molar-refractivity contribution in [1.29, 1.82) is 0 Å². The molecule has 0 bridgehead atoms. The second-order valence-electron chi connectivity index (χ2n) is 5.14. The number of oxazole rings is 1. The van der Waals surface area contributed by atoms with Gasteiger partial charge in [0.1, 0.15) is 11.2 Å². The van der Waals surface area contributed by atoms with Crippen LogP contribution in [0.2, 0.25) is 0 Å². The maximum absolute atomic E-state index is 10.5. The molecule has 0 fully saturated rings. The average molecular weight is 265 g/mol. The molecule has 0 saturated carbocycles. The lowest BCUT2D eigenvalue weighted by molar-refractivity contribution is -0.401. The van der Waals surface area contributed by atoms with Crippen molar-refractivity contribution in [2.45, 2.75) is 32.9 Å². The SMILES string of the molecule is CC(C)(C)NCc1coc(-c2ccc([N+](=O)[O-])o2)n1. The summed E-state index contributed by atoms with van der Waals surface area (Å²) in [4.78, 5) is 14.1. The molecule has 0 aliphatic heterocycles. The Labute approximate surface area is 109 Å². The van der Waals surface area contributed by atoms with Crippen LogP contribution in [0.15, 0.2) is 27.2 Å². The molecule has 0 saturated heterocycles. The van der Waals surface area contributed by atoms with E-state index < -0.39 is 4.92 Å². The van der Waals surface area contributed by atoms with Gasteiger partial charge in [-0.05, 0) is 26.8 Å². The van der Waals surface area contributed by atoms with Gasteiger partial charge in [-0.15, -0.1) is 0 Å². The van der Waals surface area contributed by atoms with Gasteiger partial charge in [0.2, 0.25) is 0 Å². The smallest absolute Gasteiger partial charge is 0.433 e. The van der Waals surface area contributed by atoms with Crippen LogP contribution in [0.5, 0.6) is 0 Å². The van der Waals surface area contributed by atoms with Crippen molar-refractivity contribution in [3.05, 3.63) is 34.2 Å². The van der Waals surface area contributed by atoms with Gasteiger partial charge in [-0.1, -0.05) is 0 Å². The third kappa shape index (κ3) is 3.41. The minimum atomic E-state index is -0.603. The number of nitrogens with one attached hydrogen (secondary N) is 1. The molecule has 0 aromatic carbocycles. The van der Waals surface area contributed by atoms with E-state index in [1.165, 1.54) is 18.4 Å². The fourth-order valence-corrected chi connectivity index (χ4v) is 1.40. The highest BCUT2D eigenvalue weighted by Crippen LogP contribution is 2.25. The van der Waals surface area contributed by atoms with Crippen molar-refractivity contribution in [2.24, 2.45) is 0 Å². The molecule has 7 heteroatoms. The summed E-state index contributed by atoms with van der Waals surface area (Å²) < 4.78 is 10.3.